The van der Waals surface area contributed by atoms with E-state index in [-0.39, 0.29) is 11.5 Å². The van der Waals surface area contributed by atoms with Crippen molar-refractivity contribution in [3.05, 3.63) is 21.6 Å². The van der Waals surface area contributed by atoms with Crippen LogP contribution in [0.5, 0.6) is 0 Å². The van der Waals surface area contributed by atoms with E-state index < -0.39 is 5.82 Å². The molecule has 0 amide bonds. The van der Waals surface area contributed by atoms with Crippen LogP contribution in [0.15, 0.2) is 10.8 Å². The highest BCUT2D eigenvalue weighted by Crippen LogP contribution is 2.33. The predicted octanol–water partition coefficient (Wildman–Crippen LogP) is 2.52. The van der Waals surface area contributed by atoms with Gasteiger partial charge in [-0.25, -0.2) is 9.07 Å². The van der Waals surface area contributed by atoms with Crippen LogP contribution < -0.4 is 5.73 Å². The van der Waals surface area contributed by atoms with Crippen molar-refractivity contribution in [2.24, 2.45) is 7.05 Å². The Hall–Kier alpha value is -1.07. The molecule has 2 aromatic rings. The standard InChI is InChI=1S/C8H7ClFN3S/c1-13-8(11)6(10)7(12-13)4-2-14-3-5(4)9/h2-3H,11H2,1H3. The van der Waals surface area contributed by atoms with Crippen molar-refractivity contribution in [2.75, 3.05) is 5.73 Å². The Balaban J connectivity index is 2.63. The van der Waals surface area contributed by atoms with Gasteiger partial charge in [-0.3, -0.25) is 0 Å². The number of hydrogen-bond donors (Lipinski definition) is 1. The Kier molecular flexibility index (Phi) is 2.20. The van der Waals surface area contributed by atoms with Gasteiger partial charge in [-0.15, -0.1) is 0 Å². The highest BCUT2D eigenvalue weighted by atomic mass is 35.5. The highest BCUT2D eigenvalue weighted by molar-refractivity contribution is 7.09. The number of thiophene rings is 1. The molecule has 0 saturated carbocycles. The summed E-state index contributed by atoms with van der Waals surface area (Å²) in [6.07, 6.45) is 0. The van der Waals surface area contributed by atoms with E-state index in [1.165, 1.54) is 16.0 Å². The first-order chi connectivity index (χ1) is 6.61. The molecule has 2 rings (SSSR count). The number of aryl methyl sites for hydroxylation is 1. The van der Waals surface area contributed by atoms with E-state index in [1.807, 2.05) is 0 Å². The van der Waals surface area contributed by atoms with Crippen LogP contribution in [0.2, 0.25) is 5.02 Å². The molecule has 2 N–H and O–H groups in total. The number of anilines is 1. The van der Waals surface area contributed by atoms with Gasteiger partial charge in [-0.05, 0) is 0 Å². The van der Waals surface area contributed by atoms with Crippen molar-refractivity contribution in [1.29, 1.82) is 0 Å². The van der Waals surface area contributed by atoms with Crippen molar-refractivity contribution in [3.63, 3.8) is 0 Å². The molecule has 2 aromatic heterocycles. The van der Waals surface area contributed by atoms with Crippen LogP contribution in [0.25, 0.3) is 11.3 Å². The molecule has 0 spiro atoms. The number of nitrogen functional groups attached to an aromatic ring is 1. The van der Waals surface area contributed by atoms with Crippen molar-refractivity contribution in [2.45, 2.75) is 0 Å². The number of halogens is 2. The zero-order valence-corrected chi connectivity index (χ0v) is 8.86. The van der Waals surface area contributed by atoms with Gasteiger partial charge in [0.25, 0.3) is 0 Å². The van der Waals surface area contributed by atoms with E-state index in [1.54, 1.807) is 17.8 Å². The second kappa shape index (κ2) is 3.25. The van der Waals surface area contributed by atoms with Crippen LogP contribution in [0, 0.1) is 5.82 Å². The highest BCUT2D eigenvalue weighted by Gasteiger charge is 2.17. The van der Waals surface area contributed by atoms with E-state index in [0.717, 1.165) is 0 Å². The summed E-state index contributed by atoms with van der Waals surface area (Å²) in [6, 6.07) is 0. The van der Waals surface area contributed by atoms with Crippen molar-refractivity contribution >= 4 is 28.8 Å². The fourth-order valence-corrected chi connectivity index (χ4v) is 2.19. The van der Waals surface area contributed by atoms with Gasteiger partial charge in [0.15, 0.2) is 11.6 Å². The lowest BCUT2D eigenvalue weighted by atomic mass is 10.2. The van der Waals surface area contributed by atoms with E-state index >= 15 is 0 Å². The second-order valence-electron chi connectivity index (χ2n) is 2.80. The molecule has 0 atom stereocenters. The molecule has 2 heterocycles. The topological polar surface area (TPSA) is 43.8 Å². The number of hydrogen-bond acceptors (Lipinski definition) is 3. The van der Waals surface area contributed by atoms with E-state index in [4.69, 9.17) is 17.3 Å². The van der Waals surface area contributed by atoms with Gasteiger partial charge in [0.05, 0.1) is 5.02 Å². The molecule has 0 unspecified atom stereocenters. The fourth-order valence-electron chi connectivity index (χ4n) is 1.13. The van der Waals surface area contributed by atoms with Gasteiger partial charge in [0, 0.05) is 23.4 Å². The summed E-state index contributed by atoms with van der Waals surface area (Å²) in [5, 5.41) is 7.91. The van der Waals surface area contributed by atoms with Gasteiger partial charge < -0.3 is 5.73 Å². The average Bonchev–Trinajstić information content (AvgIpc) is 2.66. The normalized spacial score (nSPS) is 10.8. The summed E-state index contributed by atoms with van der Waals surface area (Å²) in [7, 11) is 1.59. The smallest absolute Gasteiger partial charge is 0.192 e. The van der Waals surface area contributed by atoms with Gasteiger partial charge >= 0.3 is 0 Å². The van der Waals surface area contributed by atoms with Crippen molar-refractivity contribution < 1.29 is 4.39 Å². The van der Waals surface area contributed by atoms with E-state index in [9.17, 15) is 4.39 Å². The molecular weight excluding hydrogens is 225 g/mol. The minimum Gasteiger partial charge on any atom is -0.381 e. The van der Waals surface area contributed by atoms with Gasteiger partial charge in [-0.1, -0.05) is 11.6 Å². The molecule has 0 aliphatic heterocycles. The second-order valence-corrected chi connectivity index (χ2v) is 3.96. The maximum Gasteiger partial charge on any atom is 0.192 e. The molecular formula is C8H7ClFN3S. The number of nitrogens with zero attached hydrogens (tertiary/aromatic N) is 2. The molecule has 6 heteroatoms. The summed E-state index contributed by atoms with van der Waals surface area (Å²) in [5.74, 6) is -0.505. The molecule has 14 heavy (non-hydrogen) atoms. The van der Waals surface area contributed by atoms with Gasteiger partial charge in [0.1, 0.15) is 5.69 Å². The monoisotopic (exact) mass is 231 g/mol. The minimum atomic E-state index is -0.521. The summed E-state index contributed by atoms with van der Waals surface area (Å²) < 4.78 is 14.8. The zero-order valence-electron chi connectivity index (χ0n) is 7.29. The lowest BCUT2D eigenvalue weighted by Gasteiger charge is -1.91. The van der Waals surface area contributed by atoms with Crippen molar-refractivity contribution in [1.82, 2.24) is 9.78 Å². The van der Waals surface area contributed by atoms with Crippen molar-refractivity contribution in [3.8, 4) is 11.3 Å². The third kappa shape index (κ3) is 1.29. The van der Waals surface area contributed by atoms with Crippen LogP contribution >= 0.6 is 22.9 Å². The molecule has 74 valence electrons. The number of nitrogens with two attached hydrogens (primary N) is 1. The SMILES string of the molecule is Cn1nc(-c2cscc2Cl)c(F)c1N. The molecule has 0 bridgehead atoms. The van der Waals surface area contributed by atoms with Crippen LogP contribution in [0.4, 0.5) is 10.2 Å². The Bertz CT molecular complexity index is 477. The Morgan fingerprint density at radius 3 is 2.71 bits per heavy atom. The summed E-state index contributed by atoms with van der Waals surface area (Å²) >= 11 is 7.26. The lowest BCUT2D eigenvalue weighted by Crippen LogP contribution is -1.97. The average molecular weight is 232 g/mol. The lowest BCUT2D eigenvalue weighted by molar-refractivity contribution is 0.634. The molecule has 3 nitrogen and oxygen atoms in total. The minimum absolute atomic E-state index is 0.0160. The summed E-state index contributed by atoms with van der Waals surface area (Å²) in [5.41, 5.74) is 6.23. The third-order valence-electron chi connectivity index (χ3n) is 1.90. The maximum atomic E-state index is 13.5. The number of rotatable bonds is 1. The van der Waals surface area contributed by atoms with Gasteiger partial charge in [0.2, 0.25) is 0 Å². The van der Waals surface area contributed by atoms with Gasteiger partial charge in [-0.2, -0.15) is 16.4 Å². The largest absolute Gasteiger partial charge is 0.381 e. The molecule has 0 aliphatic rings. The predicted molar refractivity (Wildman–Crippen MR) is 55.9 cm³/mol. The molecule has 0 fully saturated rings. The van der Waals surface area contributed by atoms with Crippen LogP contribution in [0.1, 0.15) is 0 Å². The Morgan fingerprint density at radius 2 is 2.29 bits per heavy atom. The first kappa shape index (κ1) is 9.48. The van der Waals surface area contributed by atoms with E-state index in [0.29, 0.717) is 10.6 Å². The first-order valence-electron chi connectivity index (χ1n) is 3.81. The van der Waals surface area contributed by atoms with Crippen LogP contribution in [-0.2, 0) is 7.05 Å². The fraction of sp³-hybridized carbons (Fsp3) is 0.125. The first-order valence-corrected chi connectivity index (χ1v) is 5.13. The third-order valence-corrected chi connectivity index (χ3v) is 3.09. The maximum absolute atomic E-state index is 13.5. The Labute approximate surface area is 88.9 Å². The summed E-state index contributed by atoms with van der Waals surface area (Å²) in [6.45, 7) is 0. The Morgan fingerprint density at radius 1 is 1.57 bits per heavy atom. The quantitative estimate of drug-likeness (QED) is 0.820. The van der Waals surface area contributed by atoms with E-state index in [2.05, 4.69) is 5.10 Å². The molecule has 0 aliphatic carbocycles. The molecule has 0 aromatic carbocycles. The molecule has 0 radical (unpaired) electrons. The van der Waals surface area contributed by atoms with Crippen LogP contribution in [0.3, 0.4) is 0 Å². The zero-order chi connectivity index (χ0) is 10.3. The van der Waals surface area contributed by atoms with Crippen LogP contribution in [-0.4, -0.2) is 9.78 Å². The molecule has 0 saturated heterocycles. The number of aromatic nitrogens is 2. The summed E-state index contributed by atoms with van der Waals surface area (Å²) in [4.78, 5) is 0.